The van der Waals surface area contributed by atoms with Gasteiger partial charge in [-0.3, -0.25) is 9.79 Å². The van der Waals surface area contributed by atoms with E-state index in [0.717, 1.165) is 53.3 Å². The highest BCUT2D eigenvalue weighted by Crippen LogP contribution is 2.38. The van der Waals surface area contributed by atoms with Gasteiger partial charge < -0.3 is 19.4 Å². The number of carbonyl (C=O) groups is 1. The van der Waals surface area contributed by atoms with Gasteiger partial charge in [0.15, 0.2) is 11.5 Å². The molecule has 1 aliphatic carbocycles. The van der Waals surface area contributed by atoms with Gasteiger partial charge in [0.2, 0.25) is 5.91 Å². The van der Waals surface area contributed by atoms with E-state index < -0.39 is 0 Å². The number of hydrogen-bond donors (Lipinski definition) is 1. The minimum Gasteiger partial charge on any atom is -0.493 e. The van der Waals surface area contributed by atoms with E-state index in [9.17, 15) is 4.79 Å². The summed E-state index contributed by atoms with van der Waals surface area (Å²) in [6.45, 7) is 1.28. The van der Waals surface area contributed by atoms with Crippen LogP contribution in [0.2, 0.25) is 0 Å². The van der Waals surface area contributed by atoms with Crippen LogP contribution in [0.3, 0.4) is 0 Å². The first-order valence-electron chi connectivity index (χ1n) is 12.7. The number of benzene rings is 2. The molecule has 1 N–H and O–H groups in total. The summed E-state index contributed by atoms with van der Waals surface area (Å²) in [7, 11) is 1.64. The zero-order valence-electron chi connectivity index (χ0n) is 21.1. The number of aromatic nitrogens is 2. The third kappa shape index (κ3) is 5.13. The molecule has 1 amide bonds. The summed E-state index contributed by atoms with van der Waals surface area (Å²) in [4.78, 5) is 22.4. The topological polar surface area (TPSA) is 77.7 Å². The third-order valence-electron chi connectivity index (χ3n) is 6.98. The van der Waals surface area contributed by atoms with Gasteiger partial charge in [0, 0.05) is 24.3 Å². The summed E-state index contributed by atoms with van der Waals surface area (Å²) in [6, 6.07) is 16.2. The van der Waals surface area contributed by atoms with Gasteiger partial charge in [-0.05, 0) is 78.4 Å². The van der Waals surface area contributed by atoms with Gasteiger partial charge in [-0.1, -0.05) is 12.1 Å². The SMILES string of the molecule is COc1cc(C2=CC3=Nc4ccc(CCn5cccc5)cc4NC(=O)C3CC2)ccc1OCc1cscn1. The lowest BCUT2D eigenvalue weighted by Crippen LogP contribution is -2.29. The molecule has 192 valence electrons. The summed E-state index contributed by atoms with van der Waals surface area (Å²) in [5, 5.41) is 5.10. The first-order chi connectivity index (χ1) is 18.7. The number of thiazole rings is 1. The Morgan fingerprint density at radius 1 is 1.13 bits per heavy atom. The van der Waals surface area contributed by atoms with Crippen molar-refractivity contribution < 1.29 is 14.3 Å². The average Bonchev–Trinajstić information content (AvgIpc) is 3.64. The number of carbonyl (C=O) groups excluding carboxylic acids is 1. The second-order valence-electron chi connectivity index (χ2n) is 9.44. The van der Waals surface area contributed by atoms with Gasteiger partial charge in [0.25, 0.3) is 0 Å². The molecule has 6 rings (SSSR count). The van der Waals surface area contributed by atoms with Gasteiger partial charge in [0.05, 0.1) is 41.3 Å². The molecule has 0 spiro atoms. The second kappa shape index (κ2) is 10.7. The predicted molar refractivity (Wildman–Crippen MR) is 150 cm³/mol. The molecule has 3 heterocycles. The number of hydrogen-bond acceptors (Lipinski definition) is 6. The second-order valence-corrected chi connectivity index (χ2v) is 10.2. The van der Waals surface area contributed by atoms with E-state index in [1.807, 2.05) is 41.8 Å². The summed E-state index contributed by atoms with van der Waals surface area (Å²) in [5.41, 5.74) is 8.38. The van der Waals surface area contributed by atoms with Crippen molar-refractivity contribution in [3.05, 3.63) is 94.7 Å². The molecule has 4 aromatic rings. The number of nitrogens with one attached hydrogen (secondary N) is 1. The monoisotopic (exact) mass is 524 g/mol. The van der Waals surface area contributed by atoms with Gasteiger partial charge in [0.1, 0.15) is 6.61 Å². The number of aryl methyl sites for hydroxylation is 2. The predicted octanol–water partition coefficient (Wildman–Crippen LogP) is 6.29. The maximum atomic E-state index is 13.2. The lowest BCUT2D eigenvalue weighted by Gasteiger charge is -2.22. The van der Waals surface area contributed by atoms with Crippen molar-refractivity contribution in [1.29, 1.82) is 0 Å². The van der Waals surface area contributed by atoms with Crippen LogP contribution in [0.1, 0.15) is 29.7 Å². The van der Waals surface area contributed by atoms with E-state index in [0.29, 0.717) is 24.5 Å². The Morgan fingerprint density at radius 2 is 2.03 bits per heavy atom. The lowest BCUT2D eigenvalue weighted by atomic mass is 9.84. The van der Waals surface area contributed by atoms with E-state index in [-0.39, 0.29) is 11.8 Å². The number of aliphatic imine (C=N–C) groups is 1. The molecule has 0 bridgehead atoms. The van der Waals surface area contributed by atoms with Crippen molar-refractivity contribution in [2.24, 2.45) is 10.9 Å². The van der Waals surface area contributed by atoms with Crippen LogP contribution in [0.25, 0.3) is 5.57 Å². The zero-order valence-corrected chi connectivity index (χ0v) is 21.9. The van der Waals surface area contributed by atoms with Gasteiger partial charge >= 0.3 is 0 Å². The van der Waals surface area contributed by atoms with Crippen molar-refractivity contribution in [3.8, 4) is 11.5 Å². The fraction of sp³-hybridized carbons (Fsp3) is 0.233. The number of anilines is 1. The van der Waals surface area contributed by atoms with E-state index in [2.05, 4.69) is 45.5 Å². The summed E-state index contributed by atoms with van der Waals surface area (Å²) >= 11 is 1.54. The number of methoxy groups -OCH3 is 1. The Bertz CT molecular complexity index is 1510. The van der Waals surface area contributed by atoms with Gasteiger partial charge in [-0.2, -0.15) is 0 Å². The average molecular weight is 525 g/mol. The van der Waals surface area contributed by atoms with Crippen LogP contribution in [0.15, 0.2) is 82.9 Å². The van der Waals surface area contributed by atoms with Crippen LogP contribution < -0.4 is 14.8 Å². The fourth-order valence-corrected chi connectivity index (χ4v) is 5.47. The lowest BCUT2D eigenvalue weighted by molar-refractivity contribution is -0.118. The molecule has 0 fully saturated rings. The highest BCUT2D eigenvalue weighted by molar-refractivity contribution is 7.07. The Balaban J connectivity index is 1.24. The summed E-state index contributed by atoms with van der Waals surface area (Å²) in [6.07, 6.45) is 8.54. The molecule has 38 heavy (non-hydrogen) atoms. The molecule has 0 saturated carbocycles. The number of amides is 1. The molecule has 0 radical (unpaired) electrons. The van der Waals surface area contributed by atoms with Gasteiger partial charge in [-0.15, -0.1) is 11.3 Å². The number of nitrogens with zero attached hydrogens (tertiary/aromatic N) is 3. The minimum atomic E-state index is -0.267. The minimum absolute atomic E-state index is 0.00345. The van der Waals surface area contributed by atoms with E-state index >= 15 is 0 Å². The number of allylic oxidation sites excluding steroid dienone is 2. The number of rotatable bonds is 8. The maximum absolute atomic E-state index is 13.2. The molecule has 1 unspecified atom stereocenters. The smallest absolute Gasteiger partial charge is 0.233 e. The van der Waals surface area contributed by atoms with Crippen molar-refractivity contribution in [2.45, 2.75) is 32.4 Å². The maximum Gasteiger partial charge on any atom is 0.233 e. The first-order valence-corrected chi connectivity index (χ1v) is 13.6. The van der Waals surface area contributed by atoms with Crippen molar-refractivity contribution in [1.82, 2.24) is 9.55 Å². The van der Waals surface area contributed by atoms with E-state index in [1.54, 1.807) is 24.0 Å². The van der Waals surface area contributed by atoms with Gasteiger partial charge in [-0.25, -0.2) is 4.98 Å². The molecule has 1 aliphatic heterocycles. The van der Waals surface area contributed by atoms with Crippen molar-refractivity contribution >= 4 is 39.9 Å². The van der Waals surface area contributed by atoms with E-state index in [4.69, 9.17) is 14.5 Å². The zero-order chi connectivity index (χ0) is 25.9. The molecule has 7 nitrogen and oxygen atoms in total. The molecule has 2 aromatic carbocycles. The molecular weight excluding hydrogens is 496 g/mol. The molecule has 0 saturated heterocycles. The van der Waals surface area contributed by atoms with Crippen LogP contribution in [0.4, 0.5) is 11.4 Å². The van der Waals surface area contributed by atoms with Crippen LogP contribution >= 0.6 is 11.3 Å². The Morgan fingerprint density at radius 3 is 2.84 bits per heavy atom. The first kappa shape index (κ1) is 24.2. The number of fused-ring (bicyclic) bond motifs is 2. The quantitative estimate of drug-likeness (QED) is 0.294. The molecule has 1 atom stereocenters. The molecule has 2 aromatic heterocycles. The Labute approximate surface area is 225 Å². The third-order valence-corrected chi connectivity index (χ3v) is 7.62. The van der Waals surface area contributed by atoms with Crippen LogP contribution in [-0.4, -0.2) is 28.3 Å². The van der Waals surface area contributed by atoms with Crippen LogP contribution in [0, 0.1) is 5.92 Å². The van der Waals surface area contributed by atoms with Crippen molar-refractivity contribution in [3.63, 3.8) is 0 Å². The molecular formula is C30H28N4O3S. The van der Waals surface area contributed by atoms with Crippen molar-refractivity contribution in [2.75, 3.05) is 12.4 Å². The summed E-state index contributed by atoms with van der Waals surface area (Å²) < 4.78 is 13.7. The Hall–Kier alpha value is -4.17. The largest absolute Gasteiger partial charge is 0.493 e. The standard InChI is InChI=1S/C30H28N4O3S/c1-36-29-16-22(6-9-28(29)37-17-23-18-38-19-31-23)21-5-7-24-26(15-21)32-25-8-4-20(14-27(25)33-30(24)35)10-13-34-11-2-3-12-34/h2-4,6,8-9,11-12,14-16,18-19,24H,5,7,10,13,17H2,1H3,(H,33,35). The molecule has 2 aliphatic rings. The normalized spacial score (nSPS) is 16.4. The van der Waals surface area contributed by atoms with Crippen LogP contribution in [0.5, 0.6) is 11.5 Å². The Kier molecular flexibility index (Phi) is 6.79. The van der Waals surface area contributed by atoms with E-state index in [1.165, 1.54) is 5.56 Å². The highest BCUT2D eigenvalue weighted by Gasteiger charge is 2.31. The highest BCUT2D eigenvalue weighted by atomic mass is 32.1. The van der Waals surface area contributed by atoms with Crippen LogP contribution in [-0.2, 0) is 24.4 Å². The summed E-state index contributed by atoms with van der Waals surface area (Å²) in [5.74, 6) is 1.08. The fourth-order valence-electron chi connectivity index (χ4n) is 4.92. The number of ether oxygens (including phenoxy) is 2. The molecule has 8 heteroatoms.